The summed E-state index contributed by atoms with van der Waals surface area (Å²) in [6.45, 7) is 0. The Bertz CT molecular complexity index is 822. The number of carboxylic acids is 1. The molecule has 0 amide bonds. The Morgan fingerprint density at radius 3 is 2.39 bits per heavy atom. The summed E-state index contributed by atoms with van der Waals surface area (Å²) in [5, 5.41) is 10.4. The van der Waals surface area contributed by atoms with Crippen LogP contribution in [0.15, 0.2) is 51.8 Å². The lowest BCUT2D eigenvalue weighted by Gasteiger charge is -2.10. The zero-order chi connectivity index (χ0) is 17.0. The molecule has 0 aliphatic heterocycles. The highest BCUT2D eigenvalue weighted by molar-refractivity contribution is 9.10. The lowest BCUT2D eigenvalue weighted by atomic mass is 10.1. The van der Waals surface area contributed by atoms with E-state index in [9.17, 15) is 22.7 Å². The topological polar surface area (TPSA) is 86.3 Å². The van der Waals surface area contributed by atoms with Gasteiger partial charge < -0.3 is 9.90 Å². The van der Waals surface area contributed by atoms with Gasteiger partial charge in [-0.25, -0.2) is 12.8 Å². The number of carboxylic acid groups (broad SMARTS) is 1. The molecule has 5 nitrogen and oxygen atoms in total. The number of hydrogen-bond acceptors (Lipinski definition) is 4. The van der Waals surface area contributed by atoms with Crippen LogP contribution in [-0.2, 0) is 21.2 Å². The first-order valence-electron chi connectivity index (χ1n) is 6.54. The van der Waals surface area contributed by atoms with Crippen LogP contribution >= 0.6 is 15.9 Å². The van der Waals surface area contributed by atoms with E-state index in [2.05, 4.69) is 20.7 Å². The maximum absolute atomic E-state index is 13.7. The van der Waals surface area contributed by atoms with Gasteiger partial charge in [0, 0.05) is 10.4 Å². The first-order chi connectivity index (χ1) is 10.8. The highest BCUT2D eigenvalue weighted by atomic mass is 79.9. The average Bonchev–Trinajstić information content (AvgIpc) is 2.48. The highest BCUT2D eigenvalue weighted by Gasteiger charge is 2.16. The Morgan fingerprint density at radius 2 is 1.83 bits per heavy atom. The van der Waals surface area contributed by atoms with E-state index in [1.165, 1.54) is 36.4 Å². The van der Waals surface area contributed by atoms with Gasteiger partial charge in [-0.15, -0.1) is 0 Å². The number of anilines is 1. The van der Waals surface area contributed by atoms with Crippen molar-refractivity contribution in [1.82, 2.24) is 0 Å². The molecular weight excluding hydrogens is 389 g/mol. The Balaban J connectivity index is 2.17. The van der Waals surface area contributed by atoms with E-state index < -0.39 is 21.8 Å². The van der Waals surface area contributed by atoms with Crippen molar-refractivity contribution in [3.63, 3.8) is 0 Å². The molecule has 2 aromatic rings. The normalized spacial score (nSPS) is 11.2. The predicted molar refractivity (Wildman–Crippen MR) is 84.7 cm³/mol. The number of halogens is 2. The van der Waals surface area contributed by atoms with Gasteiger partial charge in [-0.05, 0) is 48.7 Å². The third kappa shape index (κ3) is 4.77. The molecule has 0 saturated heterocycles. The molecule has 0 heterocycles. The number of carbonyl (C=O) groups excluding carboxylic acids is 1. The lowest BCUT2D eigenvalue weighted by molar-refractivity contribution is -0.305. The van der Waals surface area contributed by atoms with Crippen molar-refractivity contribution in [2.75, 3.05) is 4.72 Å². The van der Waals surface area contributed by atoms with Crippen LogP contribution in [0, 0.1) is 5.82 Å². The van der Waals surface area contributed by atoms with Crippen LogP contribution in [-0.4, -0.2) is 14.4 Å². The first-order valence-corrected chi connectivity index (χ1v) is 8.82. The fourth-order valence-electron chi connectivity index (χ4n) is 1.86. The summed E-state index contributed by atoms with van der Waals surface area (Å²) >= 11 is 3.09. The number of rotatable bonds is 6. The minimum Gasteiger partial charge on any atom is -0.550 e. The summed E-state index contributed by atoms with van der Waals surface area (Å²) in [5.74, 6) is -1.87. The summed E-state index contributed by atoms with van der Waals surface area (Å²) in [5.41, 5.74) is 0.511. The minimum atomic E-state index is -3.93. The molecule has 0 aliphatic rings. The third-order valence-electron chi connectivity index (χ3n) is 3.03. The molecule has 0 aromatic heterocycles. The second-order valence-electron chi connectivity index (χ2n) is 4.75. The van der Waals surface area contributed by atoms with E-state index in [-0.39, 0.29) is 23.4 Å². The summed E-state index contributed by atoms with van der Waals surface area (Å²) in [6.07, 6.45) is 0.103. The van der Waals surface area contributed by atoms with Crippen molar-refractivity contribution in [2.24, 2.45) is 0 Å². The van der Waals surface area contributed by atoms with Gasteiger partial charge in [0.15, 0.2) is 0 Å². The molecule has 0 unspecified atom stereocenters. The standard InChI is InChI=1S/C15H13BrFNO4S/c16-11-4-7-14(13(17)9-11)18-23(21,22)12-5-1-10(2-6-12)3-8-15(19)20/h1-2,4-7,9,18H,3,8H2,(H,19,20)/p-1. The van der Waals surface area contributed by atoms with E-state index in [0.29, 0.717) is 10.0 Å². The van der Waals surface area contributed by atoms with Gasteiger partial charge in [-0.3, -0.25) is 4.72 Å². The molecule has 0 saturated carbocycles. The van der Waals surface area contributed by atoms with Gasteiger partial charge in [-0.2, -0.15) is 0 Å². The summed E-state index contributed by atoms with van der Waals surface area (Å²) in [7, 11) is -3.93. The fraction of sp³-hybridized carbons (Fsp3) is 0.133. The quantitative estimate of drug-likeness (QED) is 0.803. The molecule has 2 aromatic carbocycles. The van der Waals surface area contributed by atoms with Crippen LogP contribution in [0.5, 0.6) is 0 Å². The summed E-state index contributed by atoms with van der Waals surface area (Å²) < 4.78 is 40.8. The molecule has 0 bridgehead atoms. The van der Waals surface area contributed by atoms with Crippen LogP contribution in [0.1, 0.15) is 12.0 Å². The summed E-state index contributed by atoms with van der Waals surface area (Å²) in [6, 6.07) is 9.67. The second kappa shape index (κ2) is 7.10. The first kappa shape index (κ1) is 17.4. The maximum atomic E-state index is 13.7. The van der Waals surface area contributed by atoms with Gasteiger partial charge in [0.05, 0.1) is 10.6 Å². The SMILES string of the molecule is O=C([O-])CCc1ccc(S(=O)(=O)Nc2ccc(Br)cc2F)cc1. The van der Waals surface area contributed by atoms with Crippen LogP contribution in [0.3, 0.4) is 0 Å². The maximum Gasteiger partial charge on any atom is 0.261 e. The van der Waals surface area contributed by atoms with Gasteiger partial charge in [0.1, 0.15) is 5.82 Å². The number of aryl methyl sites for hydroxylation is 1. The molecule has 0 atom stereocenters. The average molecular weight is 401 g/mol. The number of aliphatic carboxylic acids is 1. The molecule has 8 heteroatoms. The van der Waals surface area contributed by atoms with Crippen molar-refractivity contribution >= 4 is 37.6 Å². The predicted octanol–water partition coefficient (Wildman–Crippen LogP) is 2.07. The smallest absolute Gasteiger partial charge is 0.261 e. The zero-order valence-corrected chi connectivity index (χ0v) is 14.2. The van der Waals surface area contributed by atoms with Crippen LogP contribution in [0.4, 0.5) is 10.1 Å². The Kier molecular flexibility index (Phi) is 5.38. The molecular formula is C15H12BrFNO4S-. The molecule has 2 rings (SSSR count). The summed E-state index contributed by atoms with van der Waals surface area (Å²) in [4.78, 5) is 10.4. The number of nitrogens with one attached hydrogen (secondary N) is 1. The van der Waals surface area contributed by atoms with Crippen LogP contribution in [0.2, 0.25) is 0 Å². The van der Waals surface area contributed by atoms with E-state index in [1.54, 1.807) is 0 Å². The van der Waals surface area contributed by atoms with Gasteiger partial charge in [0.25, 0.3) is 10.0 Å². The molecule has 23 heavy (non-hydrogen) atoms. The van der Waals surface area contributed by atoms with Gasteiger partial charge >= 0.3 is 0 Å². The number of benzene rings is 2. The number of carbonyl (C=O) groups is 1. The van der Waals surface area contributed by atoms with Crippen molar-refractivity contribution in [3.8, 4) is 0 Å². The van der Waals surface area contributed by atoms with Crippen molar-refractivity contribution in [3.05, 3.63) is 58.3 Å². The van der Waals surface area contributed by atoms with Crippen molar-refractivity contribution in [2.45, 2.75) is 17.7 Å². The highest BCUT2D eigenvalue weighted by Crippen LogP contribution is 2.22. The molecule has 0 radical (unpaired) electrons. The molecule has 0 spiro atoms. The Morgan fingerprint density at radius 1 is 1.17 bits per heavy atom. The van der Waals surface area contributed by atoms with Gasteiger partial charge in [-0.1, -0.05) is 28.1 Å². The number of hydrogen-bond donors (Lipinski definition) is 1. The van der Waals surface area contributed by atoms with E-state index >= 15 is 0 Å². The van der Waals surface area contributed by atoms with Crippen molar-refractivity contribution in [1.29, 1.82) is 0 Å². The second-order valence-corrected chi connectivity index (χ2v) is 7.34. The zero-order valence-electron chi connectivity index (χ0n) is 11.8. The monoisotopic (exact) mass is 400 g/mol. The third-order valence-corrected chi connectivity index (χ3v) is 4.90. The Hall–Kier alpha value is -1.93. The largest absolute Gasteiger partial charge is 0.550 e. The van der Waals surface area contributed by atoms with Gasteiger partial charge in [0.2, 0.25) is 0 Å². The van der Waals surface area contributed by atoms with Crippen LogP contribution in [0.25, 0.3) is 0 Å². The van der Waals surface area contributed by atoms with E-state index in [1.807, 2.05) is 0 Å². The minimum absolute atomic E-state index is 0.0444. The lowest BCUT2D eigenvalue weighted by Crippen LogP contribution is -2.22. The van der Waals surface area contributed by atoms with E-state index in [0.717, 1.165) is 6.07 Å². The fourth-order valence-corrected chi connectivity index (χ4v) is 3.26. The molecule has 1 N–H and O–H groups in total. The van der Waals surface area contributed by atoms with Crippen molar-refractivity contribution < 1.29 is 22.7 Å². The van der Waals surface area contributed by atoms with Crippen LogP contribution < -0.4 is 9.83 Å². The molecule has 0 aliphatic carbocycles. The Labute approximate surface area is 141 Å². The molecule has 122 valence electrons. The van der Waals surface area contributed by atoms with E-state index in [4.69, 9.17) is 0 Å². The number of sulfonamides is 1. The molecule has 0 fully saturated rings.